The minimum absolute atomic E-state index is 0.546. The fourth-order valence-corrected chi connectivity index (χ4v) is 3.45. The summed E-state index contributed by atoms with van der Waals surface area (Å²) in [6, 6.07) is 0. The standard InChI is InChI=1S/C20H42O3S/c1-4-5-6-7-8-9-10-11-12-13-14-15-16-17-18-19-20(2,3)24(21,22)23/h4-19H2,1-3H3,(H,21,22,23). The predicted octanol–water partition coefficient (Wildman–Crippen LogP) is 6.91. The summed E-state index contributed by atoms with van der Waals surface area (Å²) < 4.78 is 30.5. The van der Waals surface area contributed by atoms with Crippen molar-refractivity contribution in [3.05, 3.63) is 0 Å². The highest BCUT2D eigenvalue weighted by molar-refractivity contribution is 7.87. The summed E-state index contributed by atoms with van der Waals surface area (Å²) in [6.45, 7) is 5.47. The second-order valence-corrected chi connectivity index (χ2v) is 9.99. The molecule has 0 saturated heterocycles. The van der Waals surface area contributed by atoms with E-state index < -0.39 is 14.9 Å². The van der Waals surface area contributed by atoms with Gasteiger partial charge in [-0.2, -0.15) is 8.42 Å². The highest BCUT2D eigenvalue weighted by Crippen LogP contribution is 2.23. The van der Waals surface area contributed by atoms with Crippen LogP contribution in [0.4, 0.5) is 0 Å². The third-order valence-electron chi connectivity index (χ3n) is 5.08. The molecule has 0 spiro atoms. The average Bonchev–Trinajstić information content (AvgIpc) is 2.50. The summed E-state index contributed by atoms with van der Waals surface area (Å²) in [6.07, 6.45) is 20.1. The lowest BCUT2D eigenvalue weighted by Gasteiger charge is -2.20. The van der Waals surface area contributed by atoms with E-state index in [0.29, 0.717) is 6.42 Å². The van der Waals surface area contributed by atoms with Crippen LogP contribution >= 0.6 is 0 Å². The summed E-state index contributed by atoms with van der Waals surface area (Å²) in [5.74, 6) is 0. The molecule has 0 aliphatic carbocycles. The van der Waals surface area contributed by atoms with Crippen LogP contribution < -0.4 is 0 Å². The Morgan fingerprint density at radius 3 is 1.21 bits per heavy atom. The van der Waals surface area contributed by atoms with Crippen molar-refractivity contribution >= 4 is 10.1 Å². The molecule has 0 fully saturated rings. The van der Waals surface area contributed by atoms with Gasteiger partial charge in [-0.05, 0) is 20.3 Å². The van der Waals surface area contributed by atoms with Crippen molar-refractivity contribution in [3.63, 3.8) is 0 Å². The van der Waals surface area contributed by atoms with Gasteiger partial charge in [-0.15, -0.1) is 0 Å². The van der Waals surface area contributed by atoms with E-state index in [1.54, 1.807) is 13.8 Å². The second-order valence-electron chi connectivity index (χ2n) is 7.93. The number of hydrogen-bond donors (Lipinski definition) is 1. The van der Waals surface area contributed by atoms with Gasteiger partial charge < -0.3 is 0 Å². The van der Waals surface area contributed by atoms with Crippen LogP contribution in [0.3, 0.4) is 0 Å². The van der Waals surface area contributed by atoms with Gasteiger partial charge >= 0.3 is 0 Å². The van der Waals surface area contributed by atoms with E-state index in [0.717, 1.165) is 12.8 Å². The Hall–Kier alpha value is -0.0900. The van der Waals surface area contributed by atoms with E-state index in [4.69, 9.17) is 4.55 Å². The number of hydrogen-bond acceptors (Lipinski definition) is 2. The van der Waals surface area contributed by atoms with Crippen molar-refractivity contribution in [2.45, 2.75) is 128 Å². The highest BCUT2D eigenvalue weighted by Gasteiger charge is 2.31. The maximum Gasteiger partial charge on any atom is 0.270 e. The monoisotopic (exact) mass is 362 g/mol. The molecule has 0 aromatic rings. The van der Waals surface area contributed by atoms with E-state index in [1.165, 1.54) is 83.5 Å². The average molecular weight is 363 g/mol. The Kier molecular flexibility index (Phi) is 14.1. The molecule has 146 valence electrons. The lowest BCUT2D eigenvalue weighted by atomic mass is 10.0. The molecule has 0 amide bonds. The van der Waals surface area contributed by atoms with E-state index >= 15 is 0 Å². The van der Waals surface area contributed by atoms with Crippen LogP contribution in [0.15, 0.2) is 0 Å². The minimum Gasteiger partial charge on any atom is -0.285 e. The molecule has 0 unspecified atom stereocenters. The van der Waals surface area contributed by atoms with Gasteiger partial charge in [0.1, 0.15) is 0 Å². The number of rotatable bonds is 17. The van der Waals surface area contributed by atoms with E-state index in [2.05, 4.69) is 6.92 Å². The normalized spacial score (nSPS) is 12.7. The second kappa shape index (κ2) is 14.1. The van der Waals surface area contributed by atoms with Crippen molar-refractivity contribution in [3.8, 4) is 0 Å². The van der Waals surface area contributed by atoms with Crippen molar-refractivity contribution < 1.29 is 13.0 Å². The molecule has 24 heavy (non-hydrogen) atoms. The highest BCUT2D eigenvalue weighted by atomic mass is 32.2. The molecule has 0 radical (unpaired) electrons. The Morgan fingerprint density at radius 2 is 0.917 bits per heavy atom. The first kappa shape index (κ1) is 23.9. The predicted molar refractivity (Wildman–Crippen MR) is 105 cm³/mol. The molecule has 0 saturated carbocycles. The maximum absolute atomic E-state index is 11.2. The van der Waals surface area contributed by atoms with Crippen LogP contribution in [0.1, 0.15) is 124 Å². The van der Waals surface area contributed by atoms with Crippen molar-refractivity contribution in [2.24, 2.45) is 0 Å². The van der Waals surface area contributed by atoms with E-state index in [9.17, 15) is 8.42 Å². The fraction of sp³-hybridized carbons (Fsp3) is 1.00. The molecule has 3 nitrogen and oxygen atoms in total. The first-order chi connectivity index (χ1) is 11.3. The van der Waals surface area contributed by atoms with Crippen molar-refractivity contribution in [1.82, 2.24) is 0 Å². The molecular formula is C20H42O3S. The minimum atomic E-state index is -3.92. The van der Waals surface area contributed by atoms with Crippen LogP contribution in [0, 0.1) is 0 Å². The molecule has 4 heteroatoms. The number of unbranched alkanes of at least 4 members (excludes halogenated alkanes) is 14. The topological polar surface area (TPSA) is 54.4 Å². The van der Waals surface area contributed by atoms with Gasteiger partial charge in [0.05, 0.1) is 4.75 Å². The first-order valence-electron chi connectivity index (χ1n) is 10.3. The molecular weight excluding hydrogens is 320 g/mol. The molecule has 0 rings (SSSR count). The molecule has 1 N–H and O–H groups in total. The van der Waals surface area contributed by atoms with Gasteiger partial charge in [0.25, 0.3) is 10.1 Å². The van der Waals surface area contributed by atoms with Gasteiger partial charge in [0, 0.05) is 0 Å². The fourth-order valence-electron chi connectivity index (χ4n) is 3.05. The van der Waals surface area contributed by atoms with Gasteiger partial charge in [0.15, 0.2) is 0 Å². The molecule has 0 bridgehead atoms. The molecule has 0 aromatic heterocycles. The summed E-state index contributed by atoms with van der Waals surface area (Å²) in [4.78, 5) is 0. The van der Waals surface area contributed by atoms with Crippen LogP contribution in [-0.2, 0) is 10.1 Å². The lowest BCUT2D eigenvalue weighted by Crippen LogP contribution is -2.31. The third-order valence-corrected chi connectivity index (χ3v) is 6.68. The summed E-state index contributed by atoms with van der Waals surface area (Å²) >= 11 is 0. The Morgan fingerprint density at radius 1 is 0.625 bits per heavy atom. The molecule has 0 aromatic carbocycles. The molecule has 0 atom stereocenters. The van der Waals surface area contributed by atoms with Gasteiger partial charge in [-0.25, -0.2) is 0 Å². The van der Waals surface area contributed by atoms with Crippen LogP contribution in [0.5, 0.6) is 0 Å². The van der Waals surface area contributed by atoms with Gasteiger partial charge in [-0.3, -0.25) is 4.55 Å². The SMILES string of the molecule is CCCCCCCCCCCCCCCCCC(C)(C)S(=O)(=O)O. The summed E-state index contributed by atoms with van der Waals surface area (Å²) in [5, 5.41) is 0. The van der Waals surface area contributed by atoms with E-state index in [-0.39, 0.29) is 0 Å². The Bertz CT molecular complexity index is 374. The van der Waals surface area contributed by atoms with Crippen molar-refractivity contribution in [1.29, 1.82) is 0 Å². The van der Waals surface area contributed by atoms with Crippen LogP contribution in [-0.4, -0.2) is 17.7 Å². The largest absolute Gasteiger partial charge is 0.285 e. The maximum atomic E-state index is 11.2. The quantitative estimate of drug-likeness (QED) is 0.226. The zero-order chi connectivity index (χ0) is 18.3. The van der Waals surface area contributed by atoms with Crippen LogP contribution in [0.2, 0.25) is 0 Å². The van der Waals surface area contributed by atoms with Gasteiger partial charge in [0.2, 0.25) is 0 Å². The zero-order valence-corrected chi connectivity index (χ0v) is 17.3. The third kappa shape index (κ3) is 13.2. The summed E-state index contributed by atoms with van der Waals surface area (Å²) in [7, 11) is -3.92. The van der Waals surface area contributed by atoms with Gasteiger partial charge in [-0.1, -0.05) is 103 Å². The summed E-state index contributed by atoms with van der Waals surface area (Å²) in [5.41, 5.74) is 0. The molecule has 0 aliphatic heterocycles. The Labute approximate surface area is 151 Å². The van der Waals surface area contributed by atoms with Crippen LogP contribution in [0.25, 0.3) is 0 Å². The molecule has 0 aliphatic rings. The smallest absolute Gasteiger partial charge is 0.270 e. The molecule has 0 heterocycles. The zero-order valence-electron chi connectivity index (χ0n) is 16.5. The van der Waals surface area contributed by atoms with Crippen molar-refractivity contribution in [2.75, 3.05) is 0 Å². The first-order valence-corrected chi connectivity index (χ1v) is 11.7. The Balaban J connectivity index is 3.26. The lowest BCUT2D eigenvalue weighted by molar-refractivity contribution is 0.422. The van der Waals surface area contributed by atoms with E-state index in [1.807, 2.05) is 0 Å².